The summed E-state index contributed by atoms with van der Waals surface area (Å²) in [5.74, 6) is 0.788. The van der Waals surface area contributed by atoms with Gasteiger partial charge in [0, 0.05) is 10.6 Å². The Labute approximate surface area is 89.3 Å². The molecule has 0 heterocycles. The van der Waals surface area contributed by atoms with E-state index in [4.69, 9.17) is 5.26 Å². The van der Waals surface area contributed by atoms with Crippen LogP contribution in [-0.2, 0) is 0 Å². The first-order chi connectivity index (χ1) is 6.76. The predicted octanol–water partition coefficient (Wildman–Crippen LogP) is 2.20. The van der Waals surface area contributed by atoms with E-state index in [1.807, 2.05) is 13.1 Å². The van der Waals surface area contributed by atoms with Crippen LogP contribution in [0.1, 0.15) is 5.56 Å². The topological polar surface area (TPSA) is 35.8 Å². The monoisotopic (exact) mass is 206 g/mol. The first-order valence-corrected chi connectivity index (χ1v) is 5.51. The second-order valence-corrected chi connectivity index (χ2v) is 4.19. The lowest BCUT2D eigenvalue weighted by molar-refractivity contribution is 0.750. The summed E-state index contributed by atoms with van der Waals surface area (Å²) in [7, 11) is 1.81. The summed E-state index contributed by atoms with van der Waals surface area (Å²) in [6.45, 7) is 2.07. The number of nitriles is 1. The van der Waals surface area contributed by atoms with Crippen molar-refractivity contribution in [2.75, 3.05) is 12.8 Å². The number of rotatable bonds is 4. The molecular weight excluding hydrogens is 192 g/mol. The molecule has 1 aromatic rings. The number of nitrogens with zero attached hydrogens (tertiary/aromatic N) is 1. The van der Waals surface area contributed by atoms with E-state index in [2.05, 4.69) is 36.5 Å². The number of hydrogen-bond acceptors (Lipinski definition) is 3. The molecule has 0 saturated carbocycles. The normalized spacial score (nSPS) is 12.1. The van der Waals surface area contributed by atoms with Gasteiger partial charge in [0.25, 0.3) is 0 Å². The highest BCUT2D eigenvalue weighted by Crippen LogP contribution is 2.19. The van der Waals surface area contributed by atoms with E-state index in [0.29, 0.717) is 0 Å². The van der Waals surface area contributed by atoms with Gasteiger partial charge in [0.2, 0.25) is 0 Å². The van der Waals surface area contributed by atoms with Gasteiger partial charge >= 0.3 is 0 Å². The van der Waals surface area contributed by atoms with E-state index < -0.39 is 0 Å². The zero-order valence-corrected chi connectivity index (χ0v) is 9.27. The van der Waals surface area contributed by atoms with Crippen LogP contribution in [0.3, 0.4) is 0 Å². The molecular formula is C11H14N2S. The molecule has 0 amide bonds. The van der Waals surface area contributed by atoms with Crippen molar-refractivity contribution in [1.82, 2.24) is 5.32 Å². The number of thioether (sulfide) groups is 1. The van der Waals surface area contributed by atoms with Crippen molar-refractivity contribution in [3.05, 3.63) is 29.8 Å². The minimum atomic E-state index is -0.0690. The van der Waals surface area contributed by atoms with Gasteiger partial charge in [-0.2, -0.15) is 5.26 Å². The number of aryl methyl sites for hydroxylation is 1. The van der Waals surface area contributed by atoms with Crippen LogP contribution in [0.15, 0.2) is 29.2 Å². The minimum Gasteiger partial charge on any atom is -0.304 e. The summed E-state index contributed by atoms with van der Waals surface area (Å²) in [6, 6.07) is 10.5. The molecule has 74 valence electrons. The molecule has 0 fully saturated rings. The van der Waals surface area contributed by atoms with Gasteiger partial charge in [-0.25, -0.2) is 0 Å². The molecule has 0 spiro atoms. The van der Waals surface area contributed by atoms with Gasteiger partial charge in [-0.1, -0.05) is 17.7 Å². The molecule has 1 aromatic carbocycles. The maximum absolute atomic E-state index is 8.73. The average Bonchev–Trinajstić information content (AvgIpc) is 2.19. The van der Waals surface area contributed by atoms with Crippen molar-refractivity contribution in [3.8, 4) is 6.07 Å². The number of hydrogen-bond donors (Lipinski definition) is 1. The molecule has 0 aliphatic heterocycles. The maximum Gasteiger partial charge on any atom is 0.104 e. The SMILES string of the molecule is CNC(C#N)CSc1cccc(C)c1. The van der Waals surface area contributed by atoms with Crippen LogP contribution in [0.4, 0.5) is 0 Å². The third kappa shape index (κ3) is 3.41. The molecule has 3 heteroatoms. The molecule has 0 radical (unpaired) electrons. The first-order valence-electron chi connectivity index (χ1n) is 4.52. The molecule has 2 nitrogen and oxygen atoms in total. The summed E-state index contributed by atoms with van der Waals surface area (Å²) >= 11 is 1.71. The largest absolute Gasteiger partial charge is 0.304 e. The molecule has 1 unspecified atom stereocenters. The van der Waals surface area contributed by atoms with E-state index >= 15 is 0 Å². The molecule has 1 atom stereocenters. The minimum absolute atomic E-state index is 0.0690. The highest BCUT2D eigenvalue weighted by atomic mass is 32.2. The molecule has 0 aliphatic rings. The molecule has 0 aromatic heterocycles. The van der Waals surface area contributed by atoms with E-state index in [9.17, 15) is 0 Å². The Balaban J connectivity index is 2.50. The maximum atomic E-state index is 8.73. The number of benzene rings is 1. The molecule has 0 saturated heterocycles. The second kappa shape index (κ2) is 5.69. The Morgan fingerprint density at radius 2 is 2.36 bits per heavy atom. The van der Waals surface area contributed by atoms with E-state index in [0.717, 1.165) is 5.75 Å². The first kappa shape index (κ1) is 11.1. The van der Waals surface area contributed by atoms with Gasteiger partial charge in [-0.3, -0.25) is 0 Å². The van der Waals surface area contributed by atoms with Crippen LogP contribution in [0.2, 0.25) is 0 Å². The fourth-order valence-electron chi connectivity index (χ4n) is 1.07. The quantitative estimate of drug-likeness (QED) is 0.767. The van der Waals surface area contributed by atoms with Crippen molar-refractivity contribution in [1.29, 1.82) is 5.26 Å². The fourth-order valence-corrected chi connectivity index (χ4v) is 2.11. The van der Waals surface area contributed by atoms with Crippen molar-refractivity contribution >= 4 is 11.8 Å². The van der Waals surface area contributed by atoms with E-state index in [1.165, 1.54) is 10.5 Å². The van der Waals surface area contributed by atoms with Crippen LogP contribution in [-0.4, -0.2) is 18.8 Å². The van der Waals surface area contributed by atoms with Gasteiger partial charge in [0.1, 0.15) is 6.04 Å². The van der Waals surface area contributed by atoms with Crippen LogP contribution in [0.25, 0.3) is 0 Å². The summed E-state index contributed by atoms with van der Waals surface area (Å²) < 4.78 is 0. The van der Waals surface area contributed by atoms with Gasteiger partial charge < -0.3 is 5.32 Å². The Hall–Kier alpha value is -0.980. The zero-order chi connectivity index (χ0) is 10.4. The highest BCUT2D eigenvalue weighted by Gasteiger charge is 2.04. The summed E-state index contributed by atoms with van der Waals surface area (Å²) in [6.07, 6.45) is 0. The standard InChI is InChI=1S/C11H14N2S/c1-9-4-3-5-11(6-9)14-8-10(7-12)13-2/h3-6,10,13H,8H2,1-2H3. The summed E-state index contributed by atoms with van der Waals surface area (Å²) in [5.41, 5.74) is 1.26. The smallest absolute Gasteiger partial charge is 0.104 e. The lowest BCUT2D eigenvalue weighted by Crippen LogP contribution is -2.25. The average molecular weight is 206 g/mol. The van der Waals surface area contributed by atoms with E-state index in [1.54, 1.807) is 11.8 Å². The highest BCUT2D eigenvalue weighted by molar-refractivity contribution is 7.99. The van der Waals surface area contributed by atoms with Gasteiger partial charge in [0.05, 0.1) is 6.07 Å². The summed E-state index contributed by atoms with van der Waals surface area (Å²) in [5, 5.41) is 11.7. The molecule has 1 N–H and O–H groups in total. The number of nitrogens with one attached hydrogen (secondary N) is 1. The van der Waals surface area contributed by atoms with Gasteiger partial charge in [-0.15, -0.1) is 11.8 Å². The molecule has 14 heavy (non-hydrogen) atoms. The Bertz CT molecular complexity index is 330. The lowest BCUT2D eigenvalue weighted by Gasteiger charge is -2.07. The van der Waals surface area contributed by atoms with Crippen LogP contribution < -0.4 is 5.32 Å². The second-order valence-electron chi connectivity index (χ2n) is 3.10. The molecule has 1 rings (SSSR count). The Morgan fingerprint density at radius 1 is 1.57 bits per heavy atom. The summed E-state index contributed by atoms with van der Waals surface area (Å²) in [4.78, 5) is 1.22. The van der Waals surface area contributed by atoms with E-state index in [-0.39, 0.29) is 6.04 Å². The predicted molar refractivity (Wildman–Crippen MR) is 60.4 cm³/mol. The lowest BCUT2D eigenvalue weighted by atomic mass is 10.2. The van der Waals surface area contributed by atoms with Crippen molar-refractivity contribution in [2.45, 2.75) is 17.9 Å². The van der Waals surface area contributed by atoms with Crippen molar-refractivity contribution < 1.29 is 0 Å². The Morgan fingerprint density at radius 3 is 2.93 bits per heavy atom. The van der Waals surface area contributed by atoms with Crippen LogP contribution >= 0.6 is 11.8 Å². The van der Waals surface area contributed by atoms with Gasteiger partial charge in [-0.05, 0) is 26.1 Å². The van der Waals surface area contributed by atoms with Crippen molar-refractivity contribution in [2.24, 2.45) is 0 Å². The Kier molecular flexibility index (Phi) is 4.51. The van der Waals surface area contributed by atoms with Crippen LogP contribution in [0.5, 0.6) is 0 Å². The third-order valence-corrected chi connectivity index (χ3v) is 3.00. The fraction of sp³-hybridized carbons (Fsp3) is 0.364. The molecule has 0 bridgehead atoms. The van der Waals surface area contributed by atoms with Gasteiger partial charge in [0.15, 0.2) is 0 Å². The third-order valence-electron chi connectivity index (χ3n) is 1.91. The molecule has 0 aliphatic carbocycles. The van der Waals surface area contributed by atoms with Crippen molar-refractivity contribution in [3.63, 3.8) is 0 Å². The zero-order valence-electron chi connectivity index (χ0n) is 8.45. The van der Waals surface area contributed by atoms with Crippen LogP contribution in [0, 0.1) is 18.3 Å².